The second-order valence-electron chi connectivity index (χ2n) is 2.80. The van der Waals surface area contributed by atoms with Crippen LogP contribution in [0.3, 0.4) is 0 Å². The Hall–Kier alpha value is -2.41. The van der Waals surface area contributed by atoms with Gasteiger partial charge in [0.1, 0.15) is 6.61 Å². The summed E-state index contributed by atoms with van der Waals surface area (Å²) in [5, 5.41) is 0. The Morgan fingerprint density at radius 2 is 2.19 bits per heavy atom. The average Bonchev–Trinajstić information content (AvgIpc) is 2.30. The van der Waals surface area contributed by atoms with Crippen LogP contribution in [0.2, 0.25) is 0 Å². The van der Waals surface area contributed by atoms with Crippen molar-refractivity contribution < 1.29 is 14.3 Å². The van der Waals surface area contributed by atoms with Crippen LogP contribution in [-0.2, 0) is 9.53 Å². The van der Waals surface area contributed by atoms with Gasteiger partial charge in [-0.25, -0.2) is 4.79 Å². The van der Waals surface area contributed by atoms with E-state index in [9.17, 15) is 4.79 Å². The zero-order valence-electron chi connectivity index (χ0n) is 8.54. The molecule has 0 saturated carbocycles. The molecular formula is C12H10N2O2. The molecule has 4 heteroatoms. The summed E-state index contributed by atoms with van der Waals surface area (Å²) in [6.07, 6.45) is 4.03. The minimum absolute atomic E-state index is 0.0915. The Morgan fingerprint density at radius 3 is 2.88 bits per heavy atom. The number of rotatable bonds is 4. The number of hydrogen-bond acceptors (Lipinski definition) is 2. The number of ether oxygens (including phenoxy) is 1. The quantitative estimate of drug-likeness (QED) is 0.252. The fraction of sp³-hybridized carbons (Fsp3) is 0.0833. The van der Waals surface area contributed by atoms with E-state index in [4.69, 9.17) is 5.53 Å². The lowest BCUT2D eigenvalue weighted by Gasteiger charge is -1.90. The smallest absolute Gasteiger partial charge is 0.413 e. The van der Waals surface area contributed by atoms with Crippen molar-refractivity contribution in [3.63, 3.8) is 0 Å². The zero-order valence-corrected chi connectivity index (χ0v) is 8.54. The van der Waals surface area contributed by atoms with Gasteiger partial charge in [-0.05, 0) is 17.7 Å². The van der Waals surface area contributed by atoms with Gasteiger partial charge in [-0.1, -0.05) is 30.3 Å². The van der Waals surface area contributed by atoms with E-state index in [2.05, 4.69) is 15.3 Å². The molecule has 0 aromatic heterocycles. The van der Waals surface area contributed by atoms with Crippen LogP contribution < -0.4 is 0 Å². The van der Waals surface area contributed by atoms with Crippen LogP contribution >= 0.6 is 0 Å². The maximum atomic E-state index is 10.7. The van der Waals surface area contributed by atoms with Gasteiger partial charge in [0.25, 0.3) is 0 Å². The molecule has 0 aliphatic rings. The Labute approximate surface area is 93.1 Å². The third-order valence-electron chi connectivity index (χ3n) is 1.64. The van der Waals surface area contributed by atoms with Crippen molar-refractivity contribution in [3.05, 3.63) is 53.2 Å². The van der Waals surface area contributed by atoms with E-state index in [1.807, 2.05) is 30.3 Å². The van der Waals surface area contributed by atoms with Crippen LogP contribution in [0, 0.1) is 0 Å². The van der Waals surface area contributed by atoms with Crippen molar-refractivity contribution in [1.82, 2.24) is 0 Å². The van der Waals surface area contributed by atoms with Gasteiger partial charge in [0.15, 0.2) is 0 Å². The van der Waals surface area contributed by atoms with Gasteiger partial charge in [0, 0.05) is 0 Å². The zero-order chi connectivity index (χ0) is 11.6. The molecule has 1 rings (SSSR count). The van der Waals surface area contributed by atoms with Crippen LogP contribution in [0.5, 0.6) is 0 Å². The van der Waals surface area contributed by atoms with Gasteiger partial charge in [-0.2, -0.15) is 4.79 Å². The highest BCUT2D eigenvalue weighted by molar-refractivity contribution is 6.20. The summed E-state index contributed by atoms with van der Waals surface area (Å²) < 4.78 is 4.63. The normalized spacial score (nSPS) is 8.25. The van der Waals surface area contributed by atoms with Crippen molar-refractivity contribution in [3.8, 4) is 0 Å². The number of carbonyl (C=O) groups is 1. The molecule has 0 saturated heterocycles. The lowest BCUT2D eigenvalue weighted by atomic mass is 10.2. The maximum absolute atomic E-state index is 10.7. The summed E-state index contributed by atoms with van der Waals surface area (Å²) >= 11 is 0. The van der Waals surface area contributed by atoms with E-state index in [1.54, 1.807) is 12.2 Å². The summed E-state index contributed by atoms with van der Waals surface area (Å²) in [7, 11) is 0. The molecule has 0 amide bonds. The van der Waals surface area contributed by atoms with Crippen LogP contribution in [-0.4, -0.2) is 23.6 Å². The van der Waals surface area contributed by atoms with Crippen molar-refractivity contribution >= 4 is 18.3 Å². The third-order valence-corrected chi connectivity index (χ3v) is 1.64. The molecule has 4 nitrogen and oxygen atoms in total. The number of benzene rings is 1. The highest BCUT2D eigenvalue weighted by Gasteiger charge is 1.99. The molecule has 0 atom stereocenters. The first-order valence-electron chi connectivity index (χ1n) is 4.63. The number of hydrogen-bond donors (Lipinski definition) is 0. The summed E-state index contributed by atoms with van der Waals surface area (Å²) in [5.41, 5.74) is 11.9. The molecule has 0 aliphatic carbocycles. The lowest BCUT2D eigenvalue weighted by molar-refractivity contribution is -0.137. The van der Waals surface area contributed by atoms with Gasteiger partial charge in [-0.3, -0.25) is 0 Å². The van der Waals surface area contributed by atoms with Gasteiger partial charge in [-0.15, -0.1) is 5.73 Å². The van der Waals surface area contributed by atoms with Crippen LogP contribution in [0.25, 0.3) is 11.6 Å². The number of nitrogens with zero attached hydrogens (tertiary/aromatic N) is 2. The van der Waals surface area contributed by atoms with E-state index in [0.717, 1.165) is 5.56 Å². The minimum Gasteiger partial charge on any atom is -0.452 e. The van der Waals surface area contributed by atoms with Crippen LogP contribution in [0.15, 0.2) is 42.1 Å². The van der Waals surface area contributed by atoms with Crippen LogP contribution in [0.1, 0.15) is 5.56 Å². The average molecular weight is 214 g/mol. The lowest BCUT2D eigenvalue weighted by Crippen LogP contribution is -2.05. The molecule has 0 unspecified atom stereocenters. The summed E-state index contributed by atoms with van der Waals surface area (Å²) in [5.74, 6) is -0.694. The summed E-state index contributed by atoms with van der Waals surface area (Å²) in [4.78, 5) is 13.2. The second kappa shape index (κ2) is 6.96. The standard InChI is InChI=1S/C12H10N2O2/c13-14-10-12(15)16-9-5-4-8-11-6-2-1-3-7-11/h1-3,5-8,10H,9H2. The maximum Gasteiger partial charge on any atom is 0.413 e. The molecule has 0 aliphatic heterocycles. The van der Waals surface area contributed by atoms with Gasteiger partial charge >= 0.3 is 12.2 Å². The first kappa shape index (κ1) is 11.7. The molecule has 16 heavy (non-hydrogen) atoms. The number of esters is 1. The molecule has 0 bridgehead atoms. The first-order valence-corrected chi connectivity index (χ1v) is 4.63. The van der Waals surface area contributed by atoms with Gasteiger partial charge in [0.05, 0.1) is 0 Å². The second-order valence-corrected chi connectivity index (χ2v) is 2.80. The summed E-state index contributed by atoms with van der Waals surface area (Å²) in [6.45, 7) is 0.0915. The predicted octanol–water partition coefficient (Wildman–Crippen LogP) is 1.70. The number of carbonyl (C=O) groups excluding carboxylic acids is 1. The molecule has 0 heterocycles. The molecule has 1 aromatic carbocycles. The van der Waals surface area contributed by atoms with Crippen molar-refractivity contribution in [2.45, 2.75) is 0 Å². The molecule has 1 aromatic rings. The predicted molar refractivity (Wildman–Crippen MR) is 59.6 cm³/mol. The fourth-order valence-electron chi connectivity index (χ4n) is 0.961. The Morgan fingerprint density at radius 1 is 1.44 bits per heavy atom. The molecular weight excluding hydrogens is 204 g/mol. The topological polar surface area (TPSA) is 62.7 Å². The van der Waals surface area contributed by atoms with Crippen LogP contribution in [0.4, 0.5) is 0 Å². The van der Waals surface area contributed by atoms with Gasteiger partial charge in [0.2, 0.25) is 0 Å². The molecule has 0 spiro atoms. The molecule has 80 valence electrons. The molecule has 0 fully saturated rings. The molecule has 0 radical (unpaired) electrons. The monoisotopic (exact) mass is 214 g/mol. The first-order chi connectivity index (χ1) is 7.83. The van der Waals surface area contributed by atoms with E-state index in [-0.39, 0.29) is 6.61 Å². The van der Waals surface area contributed by atoms with Crippen molar-refractivity contribution in [2.24, 2.45) is 0 Å². The minimum atomic E-state index is -0.694. The van der Waals surface area contributed by atoms with Crippen molar-refractivity contribution in [1.29, 1.82) is 0 Å². The summed E-state index contributed by atoms with van der Waals surface area (Å²) in [6, 6.07) is 9.64. The van der Waals surface area contributed by atoms with E-state index >= 15 is 0 Å². The van der Waals surface area contributed by atoms with E-state index in [1.165, 1.54) is 0 Å². The highest BCUT2D eigenvalue weighted by atomic mass is 16.5. The Kier molecular flexibility index (Phi) is 5.07. The SMILES string of the molecule is [N-]=[N+]=CC(=O)OCC=C=Cc1ccccc1. The molecule has 0 N–H and O–H groups in total. The highest BCUT2D eigenvalue weighted by Crippen LogP contribution is 1.98. The van der Waals surface area contributed by atoms with E-state index < -0.39 is 5.97 Å². The Balaban J connectivity index is 2.41. The largest absolute Gasteiger partial charge is 0.452 e. The Bertz CT molecular complexity index is 453. The fourth-order valence-corrected chi connectivity index (χ4v) is 0.961. The third kappa shape index (κ3) is 4.72. The van der Waals surface area contributed by atoms with E-state index in [0.29, 0.717) is 6.21 Å². The van der Waals surface area contributed by atoms with Gasteiger partial charge < -0.3 is 10.3 Å². The van der Waals surface area contributed by atoms with Crippen molar-refractivity contribution in [2.75, 3.05) is 6.61 Å².